The van der Waals surface area contributed by atoms with Crippen LogP contribution in [0.3, 0.4) is 0 Å². The number of carbonyl (C=O) groups excluding carboxylic acids is 1. The summed E-state index contributed by atoms with van der Waals surface area (Å²) in [4.78, 5) is 12.0. The van der Waals surface area contributed by atoms with Crippen LogP contribution in [-0.2, 0) is 23.7 Å². The third kappa shape index (κ3) is 8.68. The van der Waals surface area contributed by atoms with Gasteiger partial charge in [-0.2, -0.15) is 0 Å². The van der Waals surface area contributed by atoms with Crippen LogP contribution in [0.5, 0.6) is 0 Å². The van der Waals surface area contributed by atoms with E-state index in [1.165, 1.54) is 0 Å². The molecule has 0 spiro atoms. The maximum Gasteiger partial charge on any atom is 0.308 e. The Labute approximate surface area is 194 Å². The van der Waals surface area contributed by atoms with Crippen LogP contribution >= 0.6 is 0 Å². The first-order valence-electron chi connectivity index (χ1n) is 11.8. The Morgan fingerprint density at radius 1 is 0.909 bits per heavy atom. The van der Waals surface area contributed by atoms with E-state index >= 15 is 0 Å². The molecule has 0 aliphatic carbocycles. The predicted octanol–water partition coefficient (Wildman–Crippen LogP) is -0.678. The summed E-state index contributed by atoms with van der Waals surface area (Å²) in [5, 5.41) is 58.2. The highest BCUT2D eigenvalue weighted by molar-refractivity contribution is 5.69. The largest absolute Gasteiger partial charge is 0.433 e. The van der Waals surface area contributed by atoms with E-state index in [-0.39, 0.29) is 25.0 Å². The van der Waals surface area contributed by atoms with Crippen LogP contribution in [0.4, 0.5) is 0 Å². The highest BCUT2D eigenvalue weighted by Gasteiger charge is 2.45. The van der Waals surface area contributed by atoms with Crippen LogP contribution in [0.2, 0.25) is 0 Å². The van der Waals surface area contributed by atoms with E-state index in [0.717, 1.165) is 32.1 Å². The molecule has 0 amide bonds. The Morgan fingerprint density at radius 3 is 2.27 bits per heavy atom. The van der Waals surface area contributed by atoms with Crippen LogP contribution in [-0.4, -0.2) is 105 Å². The molecule has 0 saturated carbocycles. The zero-order valence-corrected chi connectivity index (χ0v) is 19.4. The highest BCUT2D eigenvalue weighted by Crippen LogP contribution is 2.24. The Morgan fingerprint density at radius 2 is 1.58 bits per heavy atom. The molecule has 0 radical (unpaired) electrons. The monoisotopic (exact) mass is 480 g/mol. The van der Waals surface area contributed by atoms with E-state index in [2.05, 4.69) is 0 Å². The fraction of sp³-hybridized carbons (Fsp3) is 0.955. The fourth-order valence-corrected chi connectivity index (χ4v) is 3.95. The van der Waals surface area contributed by atoms with E-state index in [1.54, 1.807) is 6.92 Å². The van der Waals surface area contributed by atoms with Crippen molar-refractivity contribution in [1.82, 2.24) is 0 Å². The van der Waals surface area contributed by atoms with Gasteiger partial charge in [0.15, 0.2) is 6.29 Å². The van der Waals surface area contributed by atoms with Crippen molar-refractivity contribution < 1.29 is 54.4 Å². The first-order chi connectivity index (χ1) is 15.6. The molecule has 194 valence electrons. The summed E-state index contributed by atoms with van der Waals surface area (Å²) in [6.45, 7) is 3.08. The molecule has 0 aromatic rings. The SMILES string of the molecule is CC(CCCCCCCC(=O)OC1OC(CO)C(O)C(O)C1O)OC1OC(C)C(O)CC1O. The van der Waals surface area contributed by atoms with Gasteiger partial charge in [0.2, 0.25) is 6.29 Å². The van der Waals surface area contributed by atoms with Crippen LogP contribution in [0.15, 0.2) is 0 Å². The number of hydrogen-bond acceptors (Lipinski definition) is 11. The van der Waals surface area contributed by atoms with Crippen molar-refractivity contribution in [2.75, 3.05) is 6.61 Å². The number of aliphatic hydroxyl groups is 6. The number of rotatable bonds is 12. The lowest BCUT2D eigenvalue weighted by molar-refractivity contribution is -0.292. The molecule has 2 saturated heterocycles. The number of hydrogen-bond donors (Lipinski definition) is 6. The topological polar surface area (TPSA) is 175 Å². The summed E-state index contributed by atoms with van der Waals surface area (Å²) in [5.74, 6) is -0.591. The van der Waals surface area contributed by atoms with Crippen molar-refractivity contribution in [3.8, 4) is 0 Å². The smallest absolute Gasteiger partial charge is 0.308 e. The minimum atomic E-state index is -1.59. The number of carbonyl (C=O) groups is 1. The highest BCUT2D eigenvalue weighted by atomic mass is 16.7. The third-order valence-electron chi connectivity index (χ3n) is 6.14. The molecule has 11 heteroatoms. The van der Waals surface area contributed by atoms with Crippen LogP contribution < -0.4 is 0 Å². The molecule has 2 aliphatic rings. The van der Waals surface area contributed by atoms with E-state index in [1.807, 2.05) is 6.92 Å². The standard InChI is InChI=1S/C22H40O11/c1-12(30-21-15(25)10-14(24)13(2)31-21)8-6-4-3-5-7-9-17(26)33-22-20(29)19(28)18(27)16(11-23)32-22/h12-16,18-25,27-29H,3-11H2,1-2H3. The molecule has 0 bridgehead atoms. The summed E-state index contributed by atoms with van der Waals surface area (Å²) >= 11 is 0. The molecule has 6 N–H and O–H groups in total. The summed E-state index contributed by atoms with van der Waals surface area (Å²) in [6, 6.07) is 0. The summed E-state index contributed by atoms with van der Waals surface area (Å²) in [6.07, 6.45) is -4.65. The van der Waals surface area contributed by atoms with Gasteiger partial charge >= 0.3 is 5.97 Å². The van der Waals surface area contributed by atoms with E-state index < -0.39 is 61.8 Å². The predicted molar refractivity (Wildman–Crippen MR) is 114 cm³/mol. The lowest BCUT2D eigenvalue weighted by Gasteiger charge is -2.39. The van der Waals surface area contributed by atoms with Gasteiger partial charge < -0.3 is 49.6 Å². The van der Waals surface area contributed by atoms with E-state index in [0.29, 0.717) is 6.42 Å². The van der Waals surface area contributed by atoms with E-state index in [9.17, 15) is 30.3 Å². The molecule has 0 aromatic carbocycles. The molecule has 10 unspecified atom stereocenters. The van der Waals surface area contributed by atoms with Crippen molar-refractivity contribution in [2.24, 2.45) is 0 Å². The van der Waals surface area contributed by atoms with Gasteiger partial charge in [0.1, 0.15) is 30.5 Å². The first-order valence-corrected chi connectivity index (χ1v) is 11.8. The van der Waals surface area contributed by atoms with Crippen molar-refractivity contribution in [3.63, 3.8) is 0 Å². The molecule has 33 heavy (non-hydrogen) atoms. The molecule has 2 fully saturated rings. The summed E-state index contributed by atoms with van der Waals surface area (Å²) in [7, 11) is 0. The Bertz CT molecular complexity index is 575. The quantitative estimate of drug-likeness (QED) is 0.154. The fourth-order valence-electron chi connectivity index (χ4n) is 3.95. The minimum absolute atomic E-state index is 0.0967. The molecular formula is C22H40O11. The van der Waals surface area contributed by atoms with Gasteiger partial charge in [-0.25, -0.2) is 0 Å². The number of aliphatic hydroxyl groups excluding tert-OH is 6. The van der Waals surface area contributed by atoms with Gasteiger partial charge in [0, 0.05) is 12.8 Å². The average Bonchev–Trinajstić information content (AvgIpc) is 2.77. The number of unbranched alkanes of at least 4 members (excludes halogenated alkanes) is 4. The zero-order valence-electron chi connectivity index (χ0n) is 19.4. The Kier molecular flexibility index (Phi) is 11.9. The lowest BCUT2D eigenvalue weighted by Crippen LogP contribution is -2.59. The molecule has 11 nitrogen and oxygen atoms in total. The summed E-state index contributed by atoms with van der Waals surface area (Å²) in [5.41, 5.74) is 0. The van der Waals surface area contributed by atoms with Gasteiger partial charge in [-0.05, 0) is 26.7 Å². The van der Waals surface area contributed by atoms with Crippen molar-refractivity contribution in [1.29, 1.82) is 0 Å². The molecule has 2 aliphatic heterocycles. The molecular weight excluding hydrogens is 440 g/mol. The molecule has 2 heterocycles. The maximum absolute atomic E-state index is 12.0. The minimum Gasteiger partial charge on any atom is -0.433 e. The molecule has 0 aromatic heterocycles. The molecule has 10 atom stereocenters. The normalized spacial score (nSPS) is 38.1. The lowest BCUT2D eigenvalue weighted by atomic mass is 9.99. The second-order valence-corrected chi connectivity index (χ2v) is 9.02. The van der Waals surface area contributed by atoms with E-state index in [4.69, 9.17) is 24.1 Å². The van der Waals surface area contributed by atoms with Crippen LogP contribution in [0.1, 0.15) is 65.2 Å². The second-order valence-electron chi connectivity index (χ2n) is 9.02. The number of ether oxygens (including phenoxy) is 4. The van der Waals surface area contributed by atoms with Crippen LogP contribution in [0, 0.1) is 0 Å². The van der Waals surface area contributed by atoms with Gasteiger partial charge in [-0.1, -0.05) is 25.7 Å². The van der Waals surface area contributed by atoms with Gasteiger partial charge in [0.25, 0.3) is 0 Å². The van der Waals surface area contributed by atoms with Gasteiger partial charge in [-0.3, -0.25) is 4.79 Å². The van der Waals surface area contributed by atoms with Crippen molar-refractivity contribution >= 4 is 5.97 Å². The van der Waals surface area contributed by atoms with Gasteiger partial charge in [-0.15, -0.1) is 0 Å². The van der Waals surface area contributed by atoms with Crippen LogP contribution in [0.25, 0.3) is 0 Å². The Balaban J connectivity index is 1.53. The van der Waals surface area contributed by atoms with Gasteiger partial charge in [0.05, 0.1) is 24.9 Å². The maximum atomic E-state index is 12.0. The molecule has 2 rings (SSSR count). The number of esters is 1. The average molecular weight is 481 g/mol. The Hall–Kier alpha value is -0.890. The van der Waals surface area contributed by atoms with Crippen molar-refractivity contribution in [3.05, 3.63) is 0 Å². The third-order valence-corrected chi connectivity index (χ3v) is 6.14. The second kappa shape index (κ2) is 13.9. The van der Waals surface area contributed by atoms with Crippen molar-refractivity contribution in [2.45, 2.75) is 127 Å². The first kappa shape index (κ1) is 28.3. The zero-order chi connectivity index (χ0) is 24.5. The summed E-state index contributed by atoms with van der Waals surface area (Å²) < 4.78 is 21.5.